The number of fused-ring (bicyclic) bond motifs is 1. The van der Waals surface area contributed by atoms with Gasteiger partial charge < -0.3 is 4.57 Å². The van der Waals surface area contributed by atoms with Crippen molar-refractivity contribution >= 4 is 22.6 Å². The summed E-state index contributed by atoms with van der Waals surface area (Å²) in [5, 5.41) is 0. The van der Waals surface area contributed by atoms with Gasteiger partial charge in [-0.25, -0.2) is 4.98 Å². The van der Waals surface area contributed by atoms with Crippen LogP contribution in [0.4, 0.5) is 0 Å². The van der Waals surface area contributed by atoms with Gasteiger partial charge in [0.1, 0.15) is 5.82 Å². The summed E-state index contributed by atoms with van der Waals surface area (Å²) >= 11 is 6.15. The minimum atomic E-state index is 0.424. The van der Waals surface area contributed by atoms with Crippen LogP contribution in [0.15, 0.2) is 18.2 Å². The van der Waals surface area contributed by atoms with Crippen LogP contribution in [-0.2, 0) is 5.88 Å². The highest BCUT2D eigenvalue weighted by molar-refractivity contribution is 6.16. The Morgan fingerprint density at radius 2 is 2.20 bits per heavy atom. The Morgan fingerprint density at radius 3 is 2.90 bits per heavy atom. The first kappa shape index (κ1) is 13.9. The normalized spacial score (nSPS) is 22.3. The van der Waals surface area contributed by atoms with Crippen molar-refractivity contribution in [2.24, 2.45) is 5.41 Å². The molecule has 2 nitrogen and oxygen atoms in total. The molecule has 3 heteroatoms. The topological polar surface area (TPSA) is 17.8 Å². The SMILES string of the molecule is Cc1ccc2nc(CCl)n(C3CCCC(C)(C)C3)c2c1. The van der Waals surface area contributed by atoms with Gasteiger partial charge >= 0.3 is 0 Å². The van der Waals surface area contributed by atoms with Crippen LogP contribution in [0.1, 0.15) is 57.0 Å². The molecule has 1 aliphatic rings. The van der Waals surface area contributed by atoms with Crippen molar-refractivity contribution in [1.82, 2.24) is 9.55 Å². The highest BCUT2D eigenvalue weighted by atomic mass is 35.5. The van der Waals surface area contributed by atoms with Crippen molar-refractivity contribution in [3.8, 4) is 0 Å². The molecule has 108 valence electrons. The number of halogens is 1. The van der Waals surface area contributed by atoms with E-state index in [-0.39, 0.29) is 0 Å². The first-order valence-electron chi connectivity index (χ1n) is 7.54. The number of hydrogen-bond acceptors (Lipinski definition) is 1. The number of alkyl halides is 1. The number of nitrogens with zero attached hydrogens (tertiary/aromatic N) is 2. The zero-order chi connectivity index (χ0) is 14.3. The van der Waals surface area contributed by atoms with Gasteiger partial charge in [-0.15, -0.1) is 11.6 Å². The second-order valence-electron chi connectivity index (χ2n) is 6.94. The Morgan fingerprint density at radius 1 is 1.40 bits per heavy atom. The van der Waals surface area contributed by atoms with Gasteiger partial charge in [0.2, 0.25) is 0 Å². The van der Waals surface area contributed by atoms with E-state index in [2.05, 4.69) is 43.5 Å². The summed E-state index contributed by atoms with van der Waals surface area (Å²) in [6.45, 7) is 6.90. The van der Waals surface area contributed by atoms with Crippen LogP contribution < -0.4 is 0 Å². The molecule has 0 bridgehead atoms. The Balaban J connectivity index is 2.11. The van der Waals surface area contributed by atoms with E-state index in [1.54, 1.807) is 0 Å². The lowest BCUT2D eigenvalue weighted by atomic mass is 9.75. The van der Waals surface area contributed by atoms with Crippen LogP contribution in [0.3, 0.4) is 0 Å². The largest absolute Gasteiger partial charge is 0.324 e. The summed E-state index contributed by atoms with van der Waals surface area (Å²) in [7, 11) is 0. The fourth-order valence-electron chi connectivity index (χ4n) is 3.63. The molecule has 1 aliphatic carbocycles. The second-order valence-corrected chi connectivity index (χ2v) is 7.21. The number of benzene rings is 1. The van der Waals surface area contributed by atoms with E-state index in [0.717, 1.165) is 11.3 Å². The van der Waals surface area contributed by atoms with Crippen molar-refractivity contribution in [3.63, 3.8) is 0 Å². The molecule has 0 amide bonds. The molecule has 1 aromatic carbocycles. The summed E-state index contributed by atoms with van der Waals surface area (Å²) in [4.78, 5) is 4.73. The maximum absolute atomic E-state index is 6.15. The Labute approximate surface area is 126 Å². The lowest BCUT2D eigenvalue weighted by Crippen LogP contribution is -2.25. The van der Waals surface area contributed by atoms with E-state index < -0.39 is 0 Å². The lowest BCUT2D eigenvalue weighted by molar-refractivity contribution is 0.184. The molecule has 1 saturated carbocycles. The zero-order valence-corrected chi connectivity index (χ0v) is 13.4. The van der Waals surface area contributed by atoms with Crippen LogP contribution in [0.25, 0.3) is 11.0 Å². The highest BCUT2D eigenvalue weighted by Gasteiger charge is 2.30. The molecule has 0 saturated heterocycles. The molecule has 0 radical (unpaired) electrons. The average Bonchev–Trinajstić information content (AvgIpc) is 2.75. The van der Waals surface area contributed by atoms with Crippen LogP contribution in [0.5, 0.6) is 0 Å². The molecule has 20 heavy (non-hydrogen) atoms. The molecule has 1 aromatic heterocycles. The third-order valence-corrected chi connectivity index (χ3v) is 4.82. The number of hydrogen-bond donors (Lipinski definition) is 0. The van der Waals surface area contributed by atoms with Gasteiger partial charge in [-0.2, -0.15) is 0 Å². The zero-order valence-electron chi connectivity index (χ0n) is 12.6. The maximum atomic E-state index is 6.15. The summed E-state index contributed by atoms with van der Waals surface area (Å²) in [5.74, 6) is 1.51. The van der Waals surface area contributed by atoms with Crippen molar-refractivity contribution < 1.29 is 0 Å². The van der Waals surface area contributed by atoms with Gasteiger partial charge in [0.05, 0.1) is 16.9 Å². The van der Waals surface area contributed by atoms with E-state index >= 15 is 0 Å². The van der Waals surface area contributed by atoms with Crippen LogP contribution in [0.2, 0.25) is 0 Å². The number of rotatable bonds is 2. The fourth-order valence-corrected chi connectivity index (χ4v) is 3.82. The first-order chi connectivity index (χ1) is 9.50. The quantitative estimate of drug-likeness (QED) is 0.693. The van der Waals surface area contributed by atoms with Crippen molar-refractivity contribution in [2.45, 2.75) is 58.4 Å². The second kappa shape index (κ2) is 5.07. The molecule has 1 heterocycles. The molecule has 1 atom stereocenters. The third kappa shape index (κ3) is 2.46. The van der Waals surface area contributed by atoms with Gasteiger partial charge in [0.15, 0.2) is 0 Å². The van der Waals surface area contributed by atoms with Gasteiger partial charge in [-0.1, -0.05) is 26.3 Å². The Hall–Kier alpha value is -1.02. The highest BCUT2D eigenvalue weighted by Crippen LogP contribution is 2.42. The van der Waals surface area contributed by atoms with Gasteiger partial charge in [-0.3, -0.25) is 0 Å². The third-order valence-electron chi connectivity index (χ3n) is 4.58. The van der Waals surface area contributed by atoms with E-state index in [9.17, 15) is 0 Å². The predicted molar refractivity (Wildman–Crippen MR) is 85.3 cm³/mol. The number of aromatic nitrogens is 2. The standard InChI is InChI=1S/C17H23ClN2/c1-12-6-7-14-15(9-12)20(16(11-18)19-14)13-5-4-8-17(2,3)10-13/h6-7,9,13H,4-5,8,10-11H2,1-3H3. The van der Waals surface area contributed by atoms with Gasteiger partial charge in [0, 0.05) is 6.04 Å². The van der Waals surface area contributed by atoms with Crippen molar-refractivity contribution in [3.05, 3.63) is 29.6 Å². The van der Waals surface area contributed by atoms with Crippen LogP contribution in [0, 0.1) is 12.3 Å². The molecule has 0 N–H and O–H groups in total. The van der Waals surface area contributed by atoms with Crippen molar-refractivity contribution in [1.29, 1.82) is 0 Å². The summed E-state index contributed by atoms with van der Waals surface area (Å²) in [5.41, 5.74) is 4.04. The number of imidazole rings is 1. The Kier molecular flexibility index (Phi) is 3.53. The predicted octanol–water partition coefficient (Wildman–Crippen LogP) is 5.22. The molecular formula is C17H23ClN2. The molecule has 2 aromatic rings. The van der Waals surface area contributed by atoms with Crippen molar-refractivity contribution in [2.75, 3.05) is 0 Å². The van der Waals surface area contributed by atoms with Crippen LogP contribution >= 0.6 is 11.6 Å². The monoisotopic (exact) mass is 290 g/mol. The van der Waals surface area contributed by atoms with Gasteiger partial charge in [0.25, 0.3) is 0 Å². The van der Waals surface area contributed by atoms with E-state index in [1.165, 1.54) is 36.8 Å². The summed E-state index contributed by atoms with van der Waals surface area (Å²) in [6, 6.07) is 7.03. The maximum Gasteiger partial charge on any atom is 0.125 e. The average molecular weight is 291 g/mol. The van der Waals surface area contributed by atoms with E-state index in [1.807, 2.05) is 0 Å². The molecular weight excluding hydrogens is 268 g/mol. The number of aryl methyl sites for hydroxylation is 1. The summed E-state index contributed by atoms with van der Waals surface area (Å²) < 4.78 is 2.41. The molecule has 1 fully saturated rings. The fraction of sp³-hybridized carbons (Fsp3) is 0.588. The molecule has 0 aliphatic heterocycles. The minimum absolute atomic E-state index is 0.424. The lowest BCUT2D eigenvalue weighted by Gasteiger charge is -2.36. The van der Waals surface area contributed by atoms with E-state index in [4.69, 9.17) is 16.6 Å². The van der Waals surface area contributed by atoms with Crippen LogP contribution in [-0.4, -0.2) is 9.55 Å². The Bertz CT molecular complexity index is 627. The first-order valence-corrected chi connectivity index (χ1v) is 8.07. The molecule has 3 rings (SSSR count). The summed E-state index contributed by atoms with van der Waals surface area (Å²) in [6.07, 6.45) is 5.08. The molecule has 1 unspecified atom stereocenters. The smallest absolute Gasteiger partial charge is 0.125 e. The van der Waals surface area contributed by atoms with Gasteiger partial charge in [-0.05, 0) is 49.3 Å². The van der Waals surface area contributed by atoms with E-state index in [0.29, 0.717) is 17.3 Å². The molecule has 0 spiro atoms. The minimum Gasteiger partial charge on any atom is -0.324 e.